The summed E-state index contributed by atoms with van der Waals surface area (Å²) >= 11 is 0. The van der Waals surface area contributed by atoms with Crippen LogP contribution in [-0.4, -0.2) is 4.57 Å². The molecular weight excluding hydrogens is 693 g/mol. The van der Waals surface area contributed by atoms with Gasteiger partial charge < -0.3 is 13.9 Å². The van der Waals surface area contributed by atoms with Gasteiger partial charge in [0, 0.05) is 44.3 Å². The van der Waals surface area contributed by atoms with Crippen LogP contribution in [0, 0.1) is 0 Å². The van der Waals surface area contributed by atoms with Crippen LogP contribution in [0.5, 0.6) is 0 Å². The Morgan fingerprint density at radius 1 is 0.404 bits per heavy atom. The second-order valence-corrected chi connectivity index (χ2v) is 14.2. The predicted molar refractivity (Wildman–Crippen MR) is 239 cm³/mol. The normalized spacial score (nSPS) is 12.7. The van der Waals surface area contributed by atoms with E-state index in [9.17, 15) is 0 Å². The highest BCUT2D eigenvalue weighted by molar-refractivity contribution is 6.12. The Hall–Kier alpha value is -7.62. The van der Waals surface area contributed by atoms with Crippen LogP contribution >= 0.6 is 0 Å². The van der Waals surface area contributed by atoms with Gasteiger partial charge in [0.2, 0.25) is 0 Å². The van der Waals surface area contributed by atoms with Crippen molar-refractivity contribution < 1.29 is 11.3 Å². The van der Waals surface area contributed by atoms with E-state index in [1.54, 1.807) is 0 Å². The average molecular weight is 734 g/mol. The molecule has 11 rings (SSSR count). The zero-order chi connectivity index (χ0) is 42.1. The van der Waals surface area contributed by atoms with Crippen molar-refractivity contribution in [2.45, 2.75) is 0 Å². The third-order valence-electron chi connectivity index (χ3n) is 10.9. The average Bonchev–Trinajstić information content (AvgIpc) is 3.88. The number of aromatic nitrogens is 1. The molecule has 0 aliphatic rings. The van der Waals surface area contributed by atoms with Gasteiger partial charge >= 0.3 is 0 Å². The number of furan rings is 1. The molecule has 57 heavy (non-hydrogen) atoms. The van der Waals surface area contributed by atoms with Crippen molar-refractivity contribution in [2.24, 2.45) is 0 Å². The molecule has 0 aliphatic heterocycles. The van der Waals surface area contributed by atoms with Crippen LogP contribution in [-0.2, 0) is 0 Å². The van der Waals surface area contributed by atoms with E-state index < -0.39 is 6.04 Å². The van der Waals surface area contributed by atoms with Crippen molar-refractivity contribution in [3.05, 3.63) is 218 Å². The maximum Gasteiger partial charge on any atom is 0.136 e. The molecule has 0 amide bonds. The van der Waals surface area contributed by atoms with Crippen molar-refractivity contribution >= 4 is 60.8 Å². The zero-order valence-electron chi connectivity index (χ0n) is 35.7. The number of hydrogen-bond donors (Lipinski definition) is 0. The van der Waals surface area contributed by atoms with Crippen LogP contribution in [0.1, 0.15) is 6.85 Å². The maximum atomic E-state index is 8.58. The number of benzene rings is 9. The lowest BCUT2D eigenvalue weighted by atomic mass is 9.99. The molecule has 0 fully saturated rings. The van der Waals surface area contributed by atoms with Gasteiger partial charge in [-0.15, -0.1) is 0 Å². The molecule has 2 heterocycles. The molecule has 0 N–H and O–H groups in total. The highest BCUT2D eigenvalue weighted by Gasteiger charge is 2.17. The molecule has 268 valence electrons. The van der Waals surface area contributed by atoms with Gasteiger partial charge in [-0.3, -0.25) is 0 Å². The number of rotatable bonds is 7. The Kier molecular flexibility index (Phi) is 6.65. The molecule has 0 atom stereocenters. The fourth-order valence-corrected chi connectivity index (χ4v) is 8.25. The Labute approximate surface area is 337 Å². The highest BCUT2D eigenvalue weighted by Crippen LogP contribution is 2.41. The Morgan fingerprint density at radius 3 is 1.58 bits per heavy atom. The van der Waals surface area contributed by atoms with Gasteiger partial charge in [0.15, 0.2) is 0 Å². The predicted octanol–water partition coefficient (Wildman–Crippen LogP) is 15.2. The van der Waals surface area contributed by atoms with Gasteiger partial charge in [0.25, 0.3) is 0 Å². The summed E-state index contributed by atoms with van der Waals surface area (Å²) in [5.74, 6) is 0. The summed E-state index contributed by atoms with van der Waals surface area (Å²) in [6.07, 6.45) is 0. The monoisotopic (exact) mass is 733 g/mol. The molecular formula is C54H36N2O. The summed E-state index contributed by atoms with van der Waals surface area (Å²) in [5, 5.41) is 4.59. The first-order valence-electron chi connectivity index (χ1n) is 21.5. The van der Waals surface area contributed by atoms with Crippen molar-refractivity contribution in [1.82, 2.24) is 4.57 Å². The topological polar surface area (TPSA) is 21.3 Å². The van der Waals surface area contributed by atoms with E-state index in [1.165, 1.54) is 10.8 Å². The van der Waals surface area contributed by atoms with Gasteiger partial charge in [-0.05, 0) is 106 Å². The van der Waals surface area contributed by atoms with Gasteiger partial charge in [0.1, 0.15) is 11.2 Å². The molecule has 3 heteroatoms. The Bertz CT molecular complexity index is 3440. The smallest absolute Gasteiger partial charge is 0.136 e. The number of hydrogen-bond acceptors (Lipinski definition) is 2. The first-order valence-corrected chi connectivity index (χ1v) is 19.0. The van der Waals surface area contributed by atoms with E-state index in [0.717, 1.165) is 78.0 Å². The second kappa shape index (κ2) is 13.6. The number of para-hydroxylation sites is 3. The quantitative estimate of drug-likeness (QED) is 0.163. The minimum atomic E-state index is -0.408. The minimum absolute atomic E-state index is 0.173. The molecule has 3 nitrogen and oxygen atoms in total. The van der Waals surface area contributed by atoms with Crippen molar-refractivity contribution in [1.29, 1.82) is 0 Å². The lowest BCUT2D eigenvalue weighted by Gasteiger charge is -2.26. The third kappa shape index (κ3) is 5.68. The van der Waals surface area contributed by atoms with Crippen LogP contribution < -0.4 is 4.90 Å². The number of anilines is 3. The fourth-order valence-electron chi connectivity index (χ4n) is 8.25. The fraction of sp³-hybridized carbons (Fsp3) is 0. The van der Waals surface area contributed by atoms with E-state index in [1.807, 2.05) is 54.6 Å². The van der Waals surface area contributed by atoms with E-state index in [2.05, 4.69) is 143 Å². The SMILES string of the molecule is [2H]c1c([2H])c([2H])c(-c2ccc(N(c3ccc(-c4cccc(-n5c6ccccc6c6ccccc65)c4)cc3)c3ccc(-c4cccc5oc6ccccc6c45)cc3)cc2)c([2H])c1[2H]. The number of nitrogens with zero attached hydrogens (tertiary/aromatic N) is 2. The molecule has 0 saturated carbocycles. The summed E-state index contributed by atoms with van der Waals surface area (Å²) in [5.41, 5.74) is 12.8. The van der Waals surface area contributed by atoms with Crippen molar-refractivity contribution in [3.63, 3.8) is 0 Å². The lowest BCUT2D eigenvalue weighted by molar-refractivity contribution is 0.669. The molecule has 0 aliphatic carbocycles. The Balaban J connectivity index is 0.995. The van der Waals surface area contributed by atoms with Crippen LogP contribution in [0.4, 0.5) is 17.1 Å². The molecule has 0 bridgehead atoms. The molecule has 2 aromatic heterocycles. The van der Waals surface area contributed by atoms with Crippen LogP contribution in [0.3, 0.4) is 0 Å². The van der Waals surface area contributed by atoms with Gasteiger partial charge in [0.05, 0.1) is 17.9 Å². The third-order valence-corrected chi connectivity index (χ3v) is 10.9. The second-order valence-electron chi connectivity index (χ2n) is 14.2. The van der Waals surface area contributed by atoms with Gasteiger partial charge in [-0.2, -0.15) is 0 Å². The van der Waals surface area contributed by atoms with Crippen LogP contribution in [0.15, 0.2) is 223 Å². The van der Waals surface area contributed by atoms with E-state index in [-0.39, 0.29) is 29.7 Å². The molecule has 0 unspecified atom stereocenters. The van der Waals surface area contributed by atoms with Crippen molar-refractivity contribution in [3.8, 4) is 39.1 Å². The summed E-state index contributed by atoms with van der Waals surface area (Å²) in [4.78, 5) is 2.17. The van der Waals surface area contributed by atoms with E-state index in [4.69, 9.17) is 11.3 Å². The first kappa shape index (κ1) is 27.9. The summed E-state index contributed by atoms with van der Waals surface area (Å²) in [6, 6.07) is 63.0. The van der Waals surface area contributed by atoms with E-state index >= 15 is 0 Å². The molecule has 0 saturated heterocycles. The zero-order valence-corrected chi connectivity index (χ0v) is 30.7. The maximum absolute atomic E-state index is 8.58. The standard InChI is InChI=1S/C54H36N2O/c1-2-12-37(13-3-1)38-24-30-42(31-25-38)55(44-34-28-40(29-35-44)46-19-11-23-53-54(46)49-18-6-9-22-52(49)57-53)43-32-26-39(27-33-43)41-14-10-15-45(36-41)56-50-20-7-4-16-47(50)48-17-5-8-21-51(48)56/h1-36H/i1D,2D,3D,12D,13D. The molecule has 0 spiro atoms. The summed E-state index contributed by atoms with van der Waals surface area (Å²) in [6.45, 7) is 0. The molecule has 9 aromatic carbocycles. The lowest BCUT2D eigenvalue weighted by Crippen LogP contribution is -2.09. The van der Waals surface area contributed by atoms with Gasteiger partial charge in [-0.25, -0.2) is 0 Å². The van der Waals surface area contributed by atoms with E-state index in [0.29, 0.717) is 5.56 Å². The molecule has 0 radical (unpaired) electrons. The summed E-state index contributed by atoms with van der Waals surface area (Å²) < 4.78 is 50.3. The van der Waals surface area contributed by atoms with Crippen LogP contribution in [0.2, 0.25) is 0 Å². The Morgan fingerprint density at radius 2 is 0.930 bits per heavy atom. The van der Waals surface area contributed by atoms with Crippen LogP contribution in [0.25, 0.3) is 82.8 Å². The summed E-state index contributed by atoms with van der Waals surface area (Å²) in [7, 11) is 0. The molecule has 11 aromatic rings. The minimum Gasteiger partial charge on any atom is -0.456 e. The largest absolute Gasteiger partial charge is 0.456 e. The number of fused-ring (bicyclic) bond motifs is 6. The van der Waals surface area contributed by atoms with Crippen molar-refractivity contribution in [2.75, 3.05) is 4.90 Å². The highest BCUT2D eigenvalue weighted by atomic mass is 16.3. The van der Waals surface area contributed by atoms with Gasteiger partial charge in [-0.1, -0.05) is 145 Å². The first-order chi connectivity index (χ1) is 30.3.